The lowest BCUT2D eigenvalue weighted by molar-refractivity contribution is 0.0431. The lowest BCUT2D eigenvalue weighted by Crippen LogP contribution is -2.43. The largest absolute Gasteiger partial charge is 0.488 e. The van der Waals surface area contributed by atoms with Crippen LogP contribution in [0.1, 0.15) is 47.1 Å². The molecular weight excluding hydrogens is 498 g/mol. The van der Waals surface area contributed by atoms with Gasteiger partial charge in [-0.25, -0.2) is 9.59 Å². The van der Waals surface area contributed by atoms with Gasteiger partial charge in [-0.2, -0.15) is 4.90 Å². The van der Waals surface area contributed by atoms with E-state index >= 15 is 0 Å². The number of carbonyl (C=O) groups excluding carboxylic acids is 2. The van der Waals surface area contributed by atoms with E-state index in [2.05, 4.69) is 15.9 Å². The summed E-state index contributed by atoms with van der Waals surface area (Å²) in [4.78, 5) is 27.2. The predicted molar refractivity (Wildman–Crippen MR) is 137 cm³/mol. The first-order chi connectivity index (χ1) is 15.8. The number of carbonyl (C=O) groups is 2. The number of fused-ring (bicyclic) bond motifs is 1. The molecule has 0 radical (unpaired) electrons. The van der Waals surface area contributed by atoms with Crippen LogP contribution in [0, 0.1) is 0 Å². The zero-order valence-electron chi connectivity index (χ0n) is 20.3. The fourth-order valence-electron chi connectivity index (χ4n) is 3.17. The van der Waals surface area contributed by atoms with E-state index in [9.17, 15) is 9.59 Å². The van der Waals surface area contributed by atoms with Gasteiger partial charge in [0, 0.05) is 15.9 Å². The maximum absolute atomic E-state index is 13.1. The van der Waals surface area contributed by atoms with Crippen molar-refractivity contribution in [3.8, 4) is 5.75 Å². The first kappa shape index (κ1) is 25.6. The van der Waals surface area contributed by atoms with Crippen LogP contribution < -0.4 is 9.64 Å². The summed E-state index contributed by atoms with van der Waals surface area (Å²) in [6.07, 6.45) is -1.65. The Kier molecular flexibility index (Phi) is 7.56. The van der Waals surface area contributed by atoms with Gasteiger partial charge in [0.1, 0.15) is 23.6 Å². The van der Waals surface area contributed by atoms with Gasteiger partial charge in [-0.05, 0) is 70.7 Å². The van der Waals surface area contributed by atoms with Crippen molar-refractivity contribution in [3.05, 3.63) is 70.7 Å². The van der Waals surface area contributed by atoms with Crippen LogP contribution in [0.5, 0.6) is 5.75 Å². The molecule has 0 saturated heterocycles. The van der Waals surface area contributed by atoms with Crippen molar-refractivity contribution in [1.29, 1.82) is 0 Å². The molecule has 0 aliphatic heterocycles. The van der Waals surface area contributed by atoms with Gasteiger partial charge in [-0.3, -0.25) is 0 Å². The third kappa shape index (κ3) is 6.97. The third-order valence-corrected chi connectivity index (χ3v) is 5.00. The second-order valence-corrected chi connectivity index (χ2v) is 10.8. The van der Waals surface area contributed by atoms with E-state index in [0.717, 1.165) is 25.7 Å². The molecule has 0 fully saturated rings. The predicted octanol–water partition coefficient (Wildman–Crippen LogP) is 7.86. The monoisotopic (exact) mass is 527 g/mol. The molecule has 0 bridgehead atoms. The normalized spacial score (nSPS) is 11.7. The number of benzene rings is 3. The van der Waals surface area contributed by atoms with Crippen LogP contribution in [-0.4, -0.2) is 23.4 Å². The van der Waals surface area contributed by atoms with Gasteiger partial charge in [-0.1, -0.05) is 52.3 Å². The van der Waals surface area contributed by atoms with E-state index in [1.54, 1.807) is 53.7 Å². The Bertz CT molecular complexity index is 1150. The molecule has 0 N–H and O–H groups in total. The number of hydrogen-bond donors (Lipinski definition) is 0. The fraction of sp³-hybridized carbons (Fsp3) is 0.333. The van der Waals surface area contributed by atoms with Crippen molar-refractivity contribution in [3.63, 3.8) is 0 Å². The summed E-state index contributed by atoms with van der Waals surface area (Å²) < 4.78 is 18.1. The van der Waals surface area contributed by atoms with E-state index in [1.807, 2.05) is 48.5 Å². The summed E-state index contributed by atoms with van der Waals surface area (Å²) in [5.41, 5.74) is -0.314. The molecule has 0 saturated carbocycles. The summed E-state index contributed by atoms with van der Waals surface area (Å²) in [7, 11) is 0. The van der Waals surface area contributed by atoms with E-state index in [4.69, 9.17) is 14.2 Å². The van der Waals surface area contributed by atoms with Crippen molar-refractivity contribution >= 4 is 44.6 Å². The maximum atomic E-state index is 13.1. The van der Waals surface area contributed by atoms with Crippen LogP contribution in [0.25, 0.3) is 10.8 Å². The Morgan fingerprint density at radius 2 is 1.41 bits per heavy atom. The molecule has 180 valence electrons. The smallest absolute Gasteiger partial charge is 0.424 e. The van der Waals surface area contributed by atoms with Gasteiger partial charge in [-0.15, -0.1) is 0 Å². The molecule has 2 amide bonds. The highest BCUT2D eigenvalue weighted by atomic mass is 79.9. The van der Waals surface area contributed by atoms with Gasteiger partial charge < -0.3 is 14.2 Å². The van der Waals surface area contributed by atoms with Crippen molar-refractivity contribution in [1.82, 2.24) is 0 Å². The van der Waals surface area contributed by atoms with Crippen molar-refractivity contribution in [2.45, 2.75) is 59.4 Å². The second-order valence-electron chi connectivity index (χ2n) is 9.88. The molecule has 0 spiro atoms. The average Bonchev–Trinajstić information content (AvgIpc) is 2.70. The van der Waals surface area contributed by atoms with E-state index in [1.165, 1.54) is 0 Å². The molecule has 0 aliphatic rings. The number of hydrogen-bond acceptors (Lipinski definition) is 5. The Labute approximate surface area is 208 Å². The summed E-state index contributed by atoms with van der Waals surface area (Å²) in [6, 6.07) is 18.9. The quantitative estimate of drug-likeness (QED) is 0.345. The zero-order chi connectivity index (χ0) is 25.1. The second kappa shape index (κ2) is 10.1. The van der Waals surface area contributed by atoms with Crippen LogP contribution in [0.3, 0.4) is 0 Å². The molecular formula is C27H30BrNO5. The highest BCUT2D eigenvalue weighted by Gasteiger charge is 2.33. The number of amides is 2. The summed E-state index contributed by atoms with van der Waals surface area (Å²) >= 11 is 3.51. The molecule has 34 heavy (non-hydrogen) atoms. The van der Waals surface area contributed by atoms with E-state index in [0.29, 0.717) is 18.0 Å². The minimum atomic E-state index is -0.827. The first-order valence-electron chi connectivity index (χ1n) is 11.0. The number of halogens is 1. The Hall–Kier alpha value is -3.06. The fourth-order valence-corrected chi connectivity index (χ4v) is 3.53. The van der Waals surface area contributed by atoms with Crippen LogP contribution >= 0.6 is 15.9 Å². The van der Waals surface area contributed by atoms with Crippen molar-refractivity contribution in [2.75, 3.05) is 4.90 Å². The van der Waals surface area contributed by atoms with Gasteiger partial charge >= 0.3 is 12.2 Å². The van der Waals surface area contributed by atoms with Gasteiger partial charge in [0.2, 0.25) is 0 Å². The Balaban J connectivity index is 2.09. The van der Waals surface area contributed by atoms with Crippen LogP contribution in [0.2, 0.25) is 0 Å². The molecule has 0 atom stereocenters. The molecule has 0 heterocycles. The summed E-state index contributed by atoms with van der Waals surface area (Å²) in [5, 5.41) is 1.63. The molecule has 0 aliphatic carbocycles. The topological polar surface area (TPSA) is 65.1 Å². The van der Waals surface area contributed by atoms with Crippen LogP contribution in [-0.2, 0) is 16.1 Å². The molecule has 6 nitrogen and oxygen atoms in total. The maximum Gasteiger partial charge on any atom is 0.424 e. The van der Waals surface area contributed by atoms with Crippen LogP contribution in [0.4, 0.5) is 15.3 Å². The summed E-state index contributed by atoms with van der Waals surface area (Å²) in [6.45, 7) is 10.8. The lowest BCUT2D eigenvalue weighted by Gasteiger charge is -2.29. The van der Waals surface area contributed by atoms with Crippen molar-refractivity contribution in [2.24, 2.45) is 0 Å². The highest BCUT2D eigenvalue weighted by Crippen LogP contribution is 2.35. The molecule has 0 unspecified atom stereocenters. The number of imide groups is 1. The molecule has 3 aromatic rings. The standard InChI is InChI=1S/C27H30BrNO5/c1-26(2,3)33-24(30)29(25(31)34-27(4,5)6)21-14-19-12-13-20(28)15-22(19)23(16-21)32-17-18-10-8-7-9-11-18/h7-16H,17H2,1-6H3. The molecule has 3 rings (SSSR count). The van der Waals surface area contributed by atoms with Gasteiger partial charge in [0.25, 0.3) is 0 Å². The van der Waals surface area contributed by atoms with E-state index < -0.39 is 23.4 Å². The minimum Gasteiger partial charge on any atom is -0.488 e. The number of nitrogens with zero attached hydrogens (tertiary/aromatic N) is 1. The summed E-state index contributed by atoms with van der Waals surface area (Å²) in [5.74, 6) is 0.523. The van der Waals surface area contributed by atoms with E-state index in [-0.39, 0.29) is 0 Å². The zero-order valence-corrected chi connectivity index (χ0v) is 21.9. The van der Waals surface area contributed by atoms with Crippen LogP contribution in [0.15, 0.2) is 65.1 Å². The number of ether oxygens (including phenoxy) is 3. The minimum absolute atomic E-state index is 0.293. The van der Waals surface area contributed by atoms with Gasteiger partial charge in [0.05, 0.1) is 5.69 Å². The average molecular weight is 528 g/mol. The number of rotatable bonds is 4. The third-order valence-electron chi connectivity index (χ3n) is 4.51. The molecule has 0 aromatic heterocycles. The van der Waals surface area contributed by atoms with Crippen molar-refractivity contribution < 1.29 is 23.8 Å². The van der Waals surface area contributed by atoms with Gasteiger partial charge in [0.15, 0.2) is 0 Å². The SMILES string of the molecule is CC(C)(C)OC(=O)N(C(=O)OC(C)(C)C)c1cc(OCc2ccccc2)c2cc(Br)ccc2c1. The Morgan fingerprint density at radius 3 is 1.97 bits per heavy atom. The molecule has 3 aromatic carbocycles. The molecule has 7 heteroatoms. The lowest BCUT2D eigenvalue weighted by atomic mass is 10.1. The first-order valence-corrected chi connectivity index (χ1v) is 11.8. The highest BCUT2D eigenvalue weighted by molar-refractivity contribution is 9.10. The Morgan fingerprint density at radius 1 is 0.824 bits per heavy atom. The number of anilines is 1.